The van der Waals surface area contributed by atoms with E-state index in [4.69, 9.17) is 0 Å². The molecular weight excluding hydrogens is 158 g/mol. The quantitative estimate of drug-likeness (QED) is 0.648. The molecule has 58 valence electrons. The Morgan fingerprint density at radius 1 is 1.55 bits per heavy atom. The van der Waals surface area contributed by atoms with Gasteiger partial charge in [-0.25, -0.2) is 0 Å². The molecule has 0 aliphatic rings. The molecule has 0 radical (unpaired) electrons. The minimum Gasteiger partial charge on any atom is -0.161 e. The predicted octanol–water partition coefficient (Wildman–Crippen LogP) is 2.95. The van der Waals surface area contributed by atoms with Crippen LogP contribution in [-0.4, -0.2) is 6.26 Å². The predicted molar refractivity (Wildman–Crippen MR) is 49.1 cm³/mol. The van der Waals surface area contributed by atoms with Crippen LogP contribution in [0.1, 0.15) is 5.56 Å². The van der Waals surface area contributed by atoms with Crippen LogP contribution < -0.4 is 0 Å². The molecule has 1 aromatic carbocycles. The van der Waals surface area contributed by atoms with Crippen LogP contribution in [0.4, 0.5) is 5.69 Å². The summed E-state index contributed by atoms with van der Waals surface area (Å²) in [5, 5.41) is 2.85. The molecule has 0 bridgehead atoms. The van der Waals surface area contributed by atoms with Gasteiger partial charge in [0.1, 0.15) is 5.69 Å². The highest BCUT2D eigenvalue weighted by Gasteiger charge is 1.93. The van der Waals surface area contributed by atoms with Crippen molar-refractivity contribution >= 4 is 17.4 Å². The molecule has 0 aromatic heterocycles. The zero-order chi connectivity index (χ0) is 8.10. The normalized spacial score (nSPS) is 9.55. The summed E-state index contributed by atoms with van der Waals surface area (Å²) in [6.45, 7) is 0. The number of hydrogen-bond donors (Lipinski definition) is 0. The molecule has 1 aromatic rings. The van der Waals surface area contributed by atoms with Gasteiger partial charge in [-0.3, -0.25) is 0 Å². The highest BCUT2D eigenvalue weighted by molar-refractivity contribution is 7.97. The maximum atomic E-state index is 10.1. The van der Waals surface area contributed by atoms with Crippen molar-refractivity contribution in [2.45, 2.75) is 5.75 Å². The number of rotatable bonds is 3. The number of hydrogen-bond acceptors (Lipinski definition) is 3. The Hall–Kier alpha value is -0.830. The van der Waals surface area contributed by atoms with Gasteiger partial charge in [0.05, 0.1) is 0 Å². The molecule has 0 spiro atoms. The van der Waals surface area contributed by atoms with E-state index in [1.54, 1.807) is 17.8 Å². The summed E-state index contributed by atoms with van der Waals surface area (Å²) in [6, 6.07) is 7.35. The van der Waals surface area contributed by atoms with Crippen molar-refractivity contribution in [1.82, 2.24) is 0 Å². The first-order chi connectivity index (χ1) is 5.36. The summed E-state index contributed by atoms with van der Waals surface area (Å²) in [4.78, 5) is 10.1. The number of nitrogens with zero attached hydrogens (tertiary/aromatic N) is 1. The summed E-state index contributed by atoms with van der Waals surface area (Å²) in [5.41, 5.74) is 1.66. The zero-order valence-corrected chi connectivity index (χ0v) is 7.10. The van der Waals surface area contributed by atoms with Crippen molar-refractivity contribution in [1.29, 1.82) is 0 Å². The number of thioether (sulfide) groups is 1. The largest absolute Gasteiger partial charge is 0.161 e. The highest BCUT2D eigenvalue weighted by Crippen LogP contribution is 2.16. The fraction of sp³-hybridized carbons (Fsp3) is 0.250. The molecule has 0 fully saturated rings. The summed E-state index contributed by atoms with van der Waals surface area (Å²) >= 11 is 1.73. The topological polar surface area (TPSA) is 29.4 Å². The summed E-state index contributed by atoms with van der Waals surface area (Å²) < 4.78 is 0. The third-order valence-corrected chi connectivity index (χ3v) is 1.95. The van der Waals surface area contributed by atoms with Gasteiger partial charge < -0.3 is 0 Å². The molecule has 0 saturated heterocycles. The van der Waals surface area contributed by atoms with E-state index < -0.39 is 0 Å². The van der Waals surface area contributed by atoms with Gasteiger partial charge in [-0.15, -0.1) is 4.91 Å². The Morgan fingerprint density at radius 2 is 2.36 bits per heavy atom. The third kappa shape index (κ3) is 2.35. The first-order valence-electron chi connectivity index (χ1n) is 3.28. The van der Waals surface area contributed by atoms with Crippen LogP contribution in [0.15, 0.2) is 29.4 Å². The minimum atomic E-state index is 0.511. The molecule has 0 amide bonds. The van der Waals surface area contributed by atoms with Gasteiger partial charge in [0.15, 0.2) is 0 Å². The van der Waals surface area contributed by atoms with Crippen molar-refractivity contribution in [3.8, 4) is 0 Å². The van der Waals surface area contributed by atoms with Crippen molar-refractivity contribution in [3.63, 3.8) is 0 Å². The standard InChI is InChI=1S/C8H9NOS/c1-11-6-7-3-2-4-8(5-7)9-10/h2-5H,6H2,1H3. The molecule has 0 aliphatic carbocycles. The molecule has 0 unspecified atom stereocenters. The van der Waals surface area contributed by atoms with E-state index in [-0.39, 0.29) is 0 Å². The molecule has 2 nitrogen and oxygen atoms in total. The van der Waals surface area contributed by atoms with Crippen molar-refractivity contribution in [2.24, 2.45) is 5.18 Å². The van der Waals surface area contributed by atoms with Gasteiger partial charge >= 0.3 is 0 Å². The maximum Gasteiger partial charge on any atom is 0.108 e. The fourth-order valence-corrected chi connectivity index (χ4v) is 1.38. The van der Waals surface area contributed by atoms with Gasteiger partial charge in [0.25, 0.3) is 0 Å². The van der Waals surface area contributed by atoms with Gasteiger partial charge in [0.2, 0.25) is 0 Å². The fourth-order valence-electron chi connectivity index (χ4n) is 0.870. The second kappa shape index (κ2) is 4.13. The molecule has 0 atom stereocenters. The second-order valence-corrected chi connectivity index (χ2v) is 3.06. The first-order valence-corrected chi connectivity index (χ1v) is 4.67. The van der Waals surface area contributed by atoms with Gasteiger partial charge in [-0.05, 0) is 29.1 Å². The Balaban J connectivity index is 2.82. The Bertz CT molecular complexity index is 250. The lowest BCUT2D eigenvalue weighted by molar-refractivity contribution is 1.38. The first kappa shape index (κ1) is 8.27. The van der Waals surface area contributed by atoms with Crippen molar-refractivity contribution in [2.75, 3.05) is 6.26 Å². The van der Waals surface area contributed by atoms with E-state index in [9.17, 15) is 4.91 Å². The Labute approximate surface area is 70.0 Å². The third-order valence-electron chi connectivity index (χ3n) is 1.33. The lowest BCUT2D eigenvalue weighted by atomic mass is 10.2. The van der Waals surface area contributed by atoms with E-state index in [0.29, 0.717) is 5.69 Å². The van der Waals surface area contributed by atoms with Gasteiger partial charge in [0, 0.05) is 5.75 Å². The summed E-state index contributed by atoms with van der Waals surface area (Å²) in [5.74, 6) is 0.934. The number of nitroso groups, excluding NO2 is 1. The molecule has 0 saturated carbocycles. The van der Waals surface area contributed by atoms with Crippen LogP contribution in [0.25, 0.3) is 0 Å². The van der Waals surface area contributed by atoms with E-state index in [0.717, 1.165) is 11.3 Å². The maximum absolute atomic E-state index is 10.1. The summed E-state index contributed by atoms with van der Waals surface area (Å²) in [6.07, 6.45) is 2.03. The van der Waals surface area contributed by atoms with Crippen LogP contribution in [-0.2, 0) is 5.75 Å². The molecule has 0 heterocycles. The van der Waals surface area contributed by atoms with E-state index in [1.165, 1.54) is 0 Å². The smallest absolute Gasteiger partial charge is 0.108 e. The van der Waals surface area contributed by atoms with Crippen LogP contribution in [0, 0.1) is 4.91 Å². The van der Waals surface area contributed by atoms with Crippen LogP contribution >= 0.6 is 11.8 Å². The monoisotopic (exact) mass is 167 g/mol. The van der Waals surface area contributed by atoms with Gasteiger partial charge in [-0.1, -0.05) is 12.1 Å². The Kier molecular flexibility index (Phi) is 3.11. The molecule has 1 rings (SSSR count). The van der Waals surface area contributed by atoms with Crippen LogP contribution in [0.5, 0.6) is 0 Å². The SMILES string of the molecule is CSCc1cccc(N=O)c1. The lowest BCUT2D eigenvalue weighted by Gasteiger charge is -1.96. The van der Waals surface area contributed by atoms with E-state index >= 15 is 0 Å². The second-order valence-electron chi connectivity index (χ2n) is 2.19. The van der Waals surface area contributed by atoms with Crippen molar-refractivity contribution in [3.05, 3.63) is 34.7 Å². The van der Waals surface area contributed by atoms with Gasteiger partial charge in [-0.2, -0.15) is 11.8 Å². The van der Waals surface area contributed by atoms with Crippen molar-refractivity contribution < 1.29 is 0 Å². The molecular formula is C8H9NOS. The van der Waals surface area contributed by atoms with Crippen LogP contribution in [0.2, 0.25) is 0 Å². The summed E-state index contributed by atoms with van der Waals surface area (Å²) in [7, 11) is 0. The highest BCUT2D eigenvalue weighted by atomic mass is 32.2. The molecule has 0 N–H and O–H groups in total. The average molecular weight is 167 g/mol. The average Bonchev–Trinajstić information content (AvgIpc) is 2.06. The Morgan fingerprint density at radius 3 is 3.00 bits per heavy atom. The minimum absolute atomic E-state index is 0.511. The zero-order valence-electron chi connectivity index (χ0n) is 6.28. The molecule has 0 aliphatic heterocycles. The van der Waals surface area contributed by atoms with E-state index in [1.807, 2.05) is 24.5 Å². The van der Waals surface area contributed by atoms with E-state index in [2.05, 4.69) is 5.18 Å². The molecule has 3 heteroatoms. The van der Waals surface area contributed by atoms with Crippen LogP contribution in [0.3, 0.4) is 0 Å². The molecule has 11 heavy (non-hydrogen) atoms. The number of benzene rings is 1. The lowest BCUT2D eigenvalue weighted by Crippen LogP contribution is -1.76.